The van der Waals surface area contributed by atoms with E-state index in [4.69, 9.17) is 0 Å². The summed E-state index contributed by atoms with van der Waals surface area (Å²) in [6.07, 6.45) is 1.20. The van der Waals surface area contributed by atoms with Crippen molar-refractivity contribution in [3.05, 3.63) is 54.6 Å². The number of carbonyl (C=O) groups excluding carboxylic acids is 2. The zero-order chi connectivity index (χ0) is 19.6. The quantitative estimate of drug-likeness (QED) is 0.719. The Hall–Kier alpha value is -2.82. The van der Waals surface area contributed by atoms with Crippen LogP contribution in [0.3, 0.4) is 0 Å². The van der Waals surface area contributed by atoms with E-state index >= 15 is 0 Å². The molecule has 0 unspecified atom stereocenters. The fourth-order valence-corrected chi connectivity index (χ4v) is 2.93. The molecule has 0 aromatic heterocycles. The maximum absolute atomic E-state index is 12.2. The van der Waals surface area contributed by atoms with Crippen molar-refractivity contribution >= 4 is 28.9 Å². The first-order chi connectivity index (χ1) is 13.0. The highest BCUT2D eigenvalue weighted by atomic mass is 16.2. The number of amides is 2. The maximum atomic E-state index is 12.2. The van der Waals surface area contributed by atoms with Crippen LogP contribution < -0.4 is 15.1 Å². The Morgan fingerprint density at radius 2 is 1.48 bits per heavy atom. The number of anilines is 3. The van der Waals surface area contributed by atoms with Crippen LogP contribution in [0.1, 0.15) is 33.1 Å². The van der Waals surface area contributed by atoms with Crippen molar-refractivity contribution in [3.63, 3.8) is 0 Å². The minimum absolute atomic E-state index is 0.0116. The Kier molecular flexibility index (Phi) is 7.86. The number of nitrogens with zero attached hydrogens (tertiary/aromatic N) is 2. The highest BCUT2D eigenvalue weighted by molar-refractivity contribution is 5.94. The van der Waals surface area contributed by atoms with Gasteiger partial charge in [-0.2, -0.15) is 0 Å². The number of nitrogens with one attached hydrogen (secondary N) is 1. The summed E-state index contributed by atoms with van der Waals surface area (Å²) in [5.41, 5.74) is 2.79. The van der Waals surface area contributed by atoms with Gasteiger partial charge in [0.15, 0.2) is 0 Å². The van der Waals surface area contributed by atoms with E-state index in [1.54, 1.807) is 11.9 Å². The molecule has 0 saturated carbocycles. The molecule has 2 amide bonds. The van der Waals surface area contributed by atoms with E-state index in [0.717, 1.165) is 30.2 Å². The summed E-state index contributed by atoms with van der Waals surface area (Å²) in [6.45, 7) is 6.15. The first kappa shape index (κ1) is 20.5. The van der Waals surface area contributed by atoms with Crippen LogP contribution in [-0.2, 0) is 9.59 Å². The summed E-state index contributed by atoms with van der Waals surface area (Å²) < 4.78 is 0. The molecule has 2 rings (SSSR count). The molecule has 1 N–H and O–H groups in total. The zero-order valence-corrected chi connectivity index (χ0v) is 16.4. The minimum atomic E-state index is -0.0687. The molecule has 0 aliphatic carbocycles. The summed E-state index contributed by atoms with van der Waals surface area (Å²) in [5, 5.41) is 2.90. The van der Waals surface area contributed by atoms with Crippen LogP contribution in [0.5, 0.6) is 0 Å². The van der Waals surface area contributed by atoms with Crippen LogP contribution >= 0.6 is 0 Å². The molecule has 0 bridgehead atoms. The summed E-state index contributed by atoms with van der Waals surface area (Å²) in [6, 6.07) is 17.4. The number of benzene rings is 2. The van der Waals surface area contributed by atoms with E-state index in [-0.39, 0.29) is 11.8 Å². The summed E-state index contributed by atoms with van der Waals surface area (Å²) in [7, 11) is 1.76. The number of hydrogen-bond acceptors (Lipinski definition) is 3. The first-order valence-electron chi connectivity index (χ1n) is 9.51. The van der Waals surface area contributed by atoms with Crippen LogP contribution in [0.2, 0.25) is 0 Å². The molecule has 0 aliphatic heterocycles. The smallest absolute Gasteiger partial charge is 0.226 e. The Labute approximate surface area is 162 Å². The number of carbonyl (C=O) groups is 2. The van der Waals surface area contributed by atoms with Crippen molar-refractivity contribution in [2.45, 2.75) is 33.1 Å². The van der Waals surface area contributed by atoms with E-state index in [2.05, 4.69) is 24.1 Å². The Balaban J connectivity index is 1.77. The number of para-hydroxylation sites is 1. The Morgan fingerprint density at radius 3 is 2.07 bits per heavy atom. The highest BCUT2D eigenvalue weighted by Gasteiger charge is 2.11. The molecule has 2 aromatic carbocycles. The molecule has 27 heavy (non-hydrogen) atoms. The minimum Gasteiger partial charge on any atom is -0.372 e. The molecule has 5 nitrogen and oxygen atoms in total. The molecule has 0 heterocycles. The fraction of sp³-hybridized carbons (Fsp3) is 0.364. The summed E-state index contributed by atoms with van der Waals surface area (Å²) in [5.74, 6) is -0.0571. The van der Waals surface area contributed by atoms with E-state index in [9.17, 15) is 9.59 Å². The monoisotopic (exact) mass is 367 g/mol. The van der Waals surface area contributed by atoms with E-state index in [0.29, 0.717) is 19.3 Å². The lowest BCUT2D eigenvalue weighted by atomic mass is 10.2. The van der Waals surface area contributed by atoms with E-state index in [1.807, 2.05) is 54.6 Å². The lowest BCUT2D eigenvalue weighted by Crippen LogP contribution is -2.26. The fourth-order valence-electron chi connectivity index (χ4n) is 2.93. The van der Waals surface area contributed by atoms with E-state index < -0.39 is 0 Å². The SMILES string of the molecule is CCN(CC)c1ccc(NC(=O)CCCC(=O)N(C)c2ccccc2)cc1. The van der Waals surface area contributed by atoms with Gasteiger partial charge < -0.3 is 15.1 Å². The molecule has 2 aromatic rings. The van der Waals surface area contributed by atoms with Crippen molar-refractivity contribution in [2.75, 3.05) is 35.3 Å². The molecular weight excluding hydrogens is 338 g/mol. The molecule has 0 atom stereocenters. The molecule has 5 heteroatoms. The topological polar surface area (TPSA) is 52.7 Å². The maximum Gasteiger partial charge on any atom is 0.226 e. The summed E-state index contributed by atoms with van der Waals surface area (Å²) in [4.78, 5) is 28.2. The van der Waals surface area contributed by atoms with Crippen LogP contribution in [0.4, 0.5) is 17.1 Å². The molecule has 0 spiro atoms. The van der Waals surface area contributed by atoms with Crippen LogP contribution in [-0.4, -0.2) is 32.0 Å². The van der Waals surface area contributed by atoms with Gasteiger partial charge >= 0.3 is 0 Å². The largest absolute Gasteiger partial charge is 0.372 e. The standard InChI is InChI=1S/C22H29N3O2/c1-4-25(5-2)20-16-14-18(15-17-20)23-21(26)12-9-13-22(27)24(3)19-10-7-6-8-11-19/h6-8,10-11,14-17H,4-5,9,12-13H2,1-3H3,(H,23,26). The van der Waals surface area contributed by atoms with Crippen molar-refractivity contribution < 1.29 is 9.59 Å². The lowest BCUT2D eigenvalue weighted by molar-refractivity contribution is -0.118. The van der Waals surface area contributed by atoms with Crippen LogP contribution in [0.15, 0.2) is 54.6 Å². The normalized spacial score (nSPS) is 10.3. The Bertz CT molecular complexity index is 725. The van der Waals surface area contributed by atoms with Gasteiger partial charge in [0.1, 0.15) is 0 Å². The molecular formula is C22H29N3O2. The van der Waals surface area contributed by atoms with Gasteiger partial charge in [-0.15, -0.1) is 0 Å². The van der Waals surface area contributed by atoms with Gasteiger partial charge in [0.25, 0.3) is 0 Å². The van der Waals surface area contributed by atoms with Gasteiger partial charge in [0, 0.05) is 50.0 Å². The third-order valence-electron chi connectivity index (χ3n) is 4.59. The predicted octanol–water partition coefficient (Wildman–Crippen LogP) is 4.30. The van der Waals surface area contributed by atoms with Crippen molar-refractivity contribution in [2.24, 2.45) is 0 Å². The lowest BCUT2D eigenvalue weighted by Gasteiger charge is -2.21. The average Bonchev–Trinajstić information content (AvgIpc) is 2.70. The zero-order valence-electron chi connectivity index (χ0n) is 16.4. The van der Waals surface area contributed by atoms with Crippen LogP contribution in [0, 0.1) is 0 Å². The predicted molar refractivity (Wildman–Crippen MR) is 112 cm³/mol. The second-order valence-corrected chi connectivity index (χ2v) is 6.41. The number of rotatable bonds is 9. The summed E-state index contributed by atoms with van der Waals surface area (Å²) >= 11 is 0. The van der Waals surface area contributed by atoms with Crippen molar-refractivity contribution in [3.8, 4) is 0 Å². The van der Waals surface area contributed by atoms with E-state index in [1.165, 1.54) is 0 Å². The van der Waals surface area contributed by atoms with Crippen LogP contribution in [0.25, 0.3) is 0 Å². The molecule has 0 radical (unpaired) electrons. The van der Waals surface area contributed by atoms with Gasteiger partial charge in [0.05, 0.1) is 0 Å². The molecule has 0 aliphatic rings. The van der Waals surface area contributed by atoms with Crippen molar-refractivity contribution in [1.82, 2.24) is 0 Å². The first-order valence-corrected chi connectivity index (χ1v) is 9.51. The van der Waals surface area contributed by atoms with Gasteiger partial charge in [-0.25, -0.2) is 0 Å². The third kappa shape index (κ3) is 6.13. The average molecular weight is 367 g/mol. The van der Waals surface area contributed by atoms with Crippen molar-refractivity contribution in [1.29, 1.82) is 0 Å². The van der Waals surface area contributed by atoms with Gasteiger partial charge in [-0.1, -0.05) is 18.2 Å². The van der Waals surface area contributed by atoms with Gasteiger partial charge in [-0.05, 0) is 56.7 Å². The van der Waals surface area contributed by atoms with Gasteiger partial charge in [-0.3, -0.25) is 9.59 Å². The second-order valence-electron chi connectivity index (χ2n) is 6.41. The molecule has 0 saturated heterocycles. The number of hydrogen-bond donors (Lipinski definition) is 1. The van der Waals surface area contributed by atoms with Gasteiger partial charge in [0.2, 0.25) is 11.8 Å². The molecule has 0 fully saturated rings. The Morgan fingerprint density at radius 1 is 0.852 bits per heavy atom. The third-order valence-corrected chi connectivity index (χ3v) is 4.59. The highest BCUT2D eigenvalue weighted by Crippen LogP contribution is 2.18. The second kappa shape index (κ2) is 10.4. The molecule has 144 valence electrons.